The van der Waals surface area contributed by atoms with E-state index < -0.39 is 0 Å². The summed E-state index contributed by atoms with van der Waals surface area (Å²) in [6, 6.07) is 8.82. The zero-order valence-corrected chi connectivity index (χ0v) is 12.5. The molecule has 0 spiro atoms. The Morgan fingerprint density at radius 1 is 1.20 bits per heavy atom. The quantitative estimate of drug-likeness (QED) is 0.803. The molecule has 0 amide bonds. The second-order valence-corrected chi connectivity index (χ2v) is 6.28. The van der Waals surface area contributed by atoms with Crippen molar-refractivity contribution in [2.45, 2.75) is 33.2 Å². The number of aromatic nitrogens is 1. The Balaban J connectivity index is 2.12. The molecule has 1 aromatic carbocycles. The molecule has 1 aromatic heterocycles. The molecule has 2 aromatic rings. The van der Waals surface area contributed by atoms with E-state index in [4.69, 9.17) is 5.73 Å². The van der Waals surface area contributed by atoms with E-state index in [1.165, 1.54) is 17.5 Å². The monoisotopic (exact) mass is 269 g/mol. The van der Waals surface area contributed by atoms with Gasteiger partial charge in [-0.3, -0.25) is 4.98 Å². The first-order valence-electron chi connectivity index (χ1n) is 7.47. The van der Waals surface area contributed by atoms with Crippen LogP contribution in [0.4, 0.5) is 11.4 Å². The predicted octanol–water partition coefficient (Wildman–Crippen LogP) is 3.69. The van der Waals surface area contributed by atoms with Gasteiger partial charge >= 0.3 is 0 Å². The fraction of sp³-hybridized carbons (Fsp3) is 0.471. The zero-order chi connectivity index (χ0) is 14.3. The third-order valence-corrected chi connectivity index (χ3v) is 4.68. The molecule has 3 heteroatoms. The number of hydrogen-bond donors (Lipinski definition) is 1. The minimum atomic E-state index is 0.554. The van der Waals surface area contributed by atoms with Gasteiger partial charge in [0.25, 0.3) is 0 Å². The number of nitrogen functional groups attached to an aromatic ring is 1. The highest BCUT2D eigenvalue weighted by atomic mass is 15.2. The summed E-state index contributed by atoms with van der Waals surface area (Å²) >= 11 is 0. The molecule has 2 N–H and O–H groups in total. The van der Waals surface area contributed by atoms with Crippen LogP contribution >= 0.6 is 0 Å². The molecule has 3 unspecified atom stereocenters. The third-order valence-electron chi connectivity index (χ3n) is 4.68. The van der Waals surface area contributed by atoms with Gasteiger partial charge in [0.2, 0.25) is 0 Å². The minimum Gasteiger partial charge on any atom is -0.397 e. The lowest BCUT2D eigenvalue weighted by molar-refractivity contribution is 0.297. The molecule has 3 nitrogen and oxygen atoms in total. The normalized spacial score (nSPS) is 26.9. The molecule has 2 heterocycles. The molecule has 0 radical (unpaired) electrons. The van der Waals surface area contributed by atoms with Crippen LogP contribution in [0.25, 0.3) is 10.9 Å². The Labute approximate surface area is 120 Å². The maximum Gasteiger partial charge on any atom is 0.0951 e. The highest BCUT2D eigenvalue weighted by Crippen LogP contribution is 2.36. The molecule has 0 saturated carbocycles. The van der Waals surface area contributed by atoms with E-state index in [0.717, 1.165) is 23.7 Å². The number of anilines is 2. The number of piperidine rings is 1. The SMILES string of the molecule is CC1CC(C)C(C)N(c2ccc(N)c3ncccc23)C1. The highest BCUT2D eigenvalue weighted by Gasteiger charge is 2.29. The standard InChI is InChI=1S/C17H23N3/c1-11-9-12(2)13(3)20(10-11)16-7-6-15(18)17-14(16)5-4-8-19-17/h4-8,11-13H,9-10,18H2,1-3H3. The average Bonchev–Trinajstić information content (AvgIpc) is 2.44. The van der Waals surface area contributed by atoms with Crippen LogP contribution < -0.4 is 10.6 Å². The molecule has 0 aliphatic carbocycles. The summed E-state index contributed by atoms with van der Waals surface area (Å²) in [6.45, 7) is 8.13. The number of rotatable bonds is 1. The van der Waals surface area contributed by atoms with E-state index in [-0.39, 0.29) is 0 Å². The Morgan fingerprint density at radius 2 is 2.00 bits per heavy atom. The van der Waals surface area contributed by atoms with Crippen molar-refractivity contribution in [3.8, 4) is 0 Å². The van der Waals surface area contributed by atoms with Gasteiger partial charge in [-0.05, 0) is 49.4 Å². The fourth-order valence-electron chi connectivity index (χ4n) is 3.46. The van der Waals surface area contributed by atoms with Crippen LogP contribution in [0.2, 0.25) is 0 Å². The predicted molar refractivity (Wildman–Crippen MR) is 85.9 cm³/mol. The molecule has 3 atom stereocenters. The van der Waals surface area contributed by atoms with E-state index in [0.29, 0.717) is 12.0 Å². The minimum absolute atomic E-state index is 0.554. The van der Waals surface area contributed by atoms with Crippen LogP contribution in [0.3, 0.4) is 0 Å². The van der Waals surface area contributed by atoms with Crippen molar-refractivity contribution in [2.24, 2.45) is 11.8 Å². The first-order chi connectivity index (χ1) is 9.58. The van der Waals surface area contributed by atoms with Crippen molar-refractivity contribution in [3.63, 3.8) is 0 Å². The van der Waals surface area contributed by atoms with Crippen LogP contribution in [-0.4, -0.2) is 17.6 Å². The lowest BCUT2D eigenvalue weighted by Crippen LogP contribution is -2.45. The lowest BCUT2D eigenvalue weighted by atomic mass is 9.85. The number of fused-ring (bicyclic) bond motifs is 1. The van der Waals surface area contributed by atoms with E-state index >= 15 is 0 Å². The Bertz CT molecular complexity index is 623. The largest absolute Gasteiger partial charge is 0.397 e. The Kier molecular flexibility index (Phi) is 3.28. The van der Waals surface area contributed by atoms with E-state index in [9.17, 15) is 0 Å². The summed E-state index contributed by atoms with van der Waals surface area (Å²) in [6.07, 6.45) is 3.12. The number of nitrogens with two attached hydrogens (primary N) is 1. The van der Waals surface area contributed by atoms with E-state index in [1.54, 1.807) is 0 Å². The summed E-state index contributed by atoms with van der Waals surface area (Å²) < 4.78 is 0. The van der Waals surface area contributed by atoms with Gasteiger partial charge in [-0.1, -0.05) is 13.8 Å². The molecule has 1 aliphatic heterocycles. The Morgan fingerprint density at radius 3 is 2.80 bits per heavy atom. The van der Waals surface area contributed by atoms with Crippen molar-refractivity contribution in [3.05, 3.63) is 30.5 Å². The van der Waals surface area contributed by atoms with Crippen LogP contribution in [0.5, 0.6) is 0 Å². The smallest absolute Gasteiger partial charge is 0.0951 e. The van der Waals surface area contributed by atoms with Crippen molar-refractivity contribution in [1.82, 2.24) is 4.98 Å². The third kappa shape index (κ3) is 2.11. The molecule has 1 aliphatic rings. The molecular weight excluding hydrogens is 246 g/mol. The zero-order valence-electron chi connectivity index (χ0n) is 12.5. The first kappa shape index (κ1) is 13.2. The lowest BCUT2D eigenvalue weighted by Gasteiger charge is -2.43. The van der Waals surface area contributed by atoms with Crippen molar-refractivity contribution < 1.29 is 0 Å². The second kappa shape index (κ2) is 4.97. The summed E-state index contributed by atoms with van der Waals surface area (Å²) in [5.41, 5.74) is 9.01. The molecule has 1 fully saturated rings. The van der Waals surface area contributed by atoms with Gasteiger partial charge in [-0.25, -0.2) is 0 Å². The van der Waals surface area contributed by atoms with Crippen LogP contribution in [0.15, 0.2) is 30.5 Å². The summed E-state index contributed by atoms with van der Waals surface area (Å²) in [4.78, 5) is 6.98. The summed E-state index contributed by atoms with van der Waals surface area (Å²) in [5, 5.41) is 1.17. The van der Waals surface area contributed by atoms with E-state index in [2.05, 4.69) is 42.8 Å². The van der Waals surface area contributed by atoms with Gasteiger partial charge in [0.15, 0.2) is 0 Å². The van der Waals surface area contributed by atoms with Crippen LogP contribution in [0.1, 0.15) is 27.2 Å². The van der Waals surface area contributed by atoms with Gasteiger partial charge in [-0.2, -0.15) is 0 Å². The maximum atomic E-state index is 6.06. The molecule has 20 heavy (non-hydrogen) atoms. The molecule has 3 rings (SSSR count). The molecule has 0 bridgehead atoms. The van der Waals surface area contributed by atoms with Crippen LogP contribution in [-0.2, 0) is 0 Å². The number of pyridine rings is 1. The van der Waals surface area contributed by atoms with Gasteiger partial charge < -0.3 is 10.6 Å². The van der Waals surface area contributed by atoms with E-state index in [1.807, 2.05) is 18.3 Å². The molecule has 1 saturated heterocycles. The Hall–Kier alpha value is -1.77. The molecular formula is C17H23N3. The van der Waals surface area contributed by atoms with Crippen molar-refractivity contribution in [2.75, 3.05) is 17.2 Å². The topological polar surface area (TPSA) is 42.1 Å². The average molecular weight is 269 g/mol. The van der Waals surface area contributed by atoms with Crippen LogP contribution in [0, 0.1) is 11.8 Å². The number of benzene rings is 1. The van der Waals surface area contributed by atoms with Gasteiger partial charge in [0.1, 0.15) is 0 Å². The first-order valence-corrected chi connectivity index (χ1v) is 7.47. The molecule has 106 valence electrons. The van der Waals surface area contributed by atoms with Gasteiger partial charge in [-0.15, -0.1) is 0 Å². The van der Waals surface area contributed by atoms with Gasteiger partial charge in [0.05, 0.1) is 11.2 Å². The van der Waals surface area contributed by atoms with Gasteiger partial charge in [0, 0.05) is 29.9 Å². The summed E-state index contributed by atoms with van der Waals surface area (Å²) in [7, 11) is 0. The number of nitrogens with zero attached hydrogens (tertiary/aromatic N) is 2. The van der Waals surface area contributed by atoms with Crippen molar-refractivity contribution >= 4 is 22.3 Å². The number of hydrogen-bond acceptors (Lipinski definition) is 3. The maximum absolute atomic E-state index is 6.06. The highest BCUT2D eigenvalue weighted by molar-refractivity contribution is 5.98. The van der Waals surface area contributed by atoms with Crippen molar-refractivity contribution in [1.29, 1.82) is 0 Å². The summed E-state index contributed by atoms with van der Waals surface area (Å²) in [5.74, 6) is 1.44. The second-order valence-electron chi connectivity index (χ2n) is 6.28. The fourth-order valence-corrected chi connectivity index (χ4v) is 3.46.